The van der Waals surface area contributed by atoms with E-state index in [0.29, 0.717) is 6.54 Å². The van der Waals surface area contributed by atoms with E-state index in [1.54, 1.807) is 0 Å². The fourth-order valence-electron chi connectivity index (χ4n) is 2.48. The Balaban J connectivity index is 1.90. The summed E-state index contributed by atoms with van der Waals surface area (Å²) in [6.07, 6.45) is 3.76. The van der Waals surface area contributed by atoms with Gasteiger partial charge in [-0.3, -0.25) is 9.69 Å². The molecule has 110 valence electrons. The quantitative estimate of drug-likeness (QED) is 0.827. The van der Waals surface area contributed by atoms with Gasteiger partial charge >= 0.3 is 0 Å². The number of hydrogen-bond acceptors (Lipinski definition) is 2. The van der Waals surface area contributed by atoms with Gasteiger partial charge in [-0.2, -0.15) is 0 Å². The fraction of sp³-hybridized carbons (Fsp3) is 0.588. The molecular weight excluding hydrogens is 248 g/mol. The average Bonchev–Trinajstić information content (AvgIpc) is 3.18. The van der Waals surface area contributed by atoms with E-state index in [0.717, 1.165) is 36.7 Å². The molecule has 0 atom stereocenters. The Morgan fingerprint density at radius 1 is 1.35 bits per heavy atom. The normalized spacial score (nSPS) is 14.6. The summed E-state index contributed by atoms with van der Waals surface area (Å²) >= 11 is 0. The smallest absolute Gasteiger partial charge is 0.238 e. The second-order valence-corrected chi connectivity index (χ2v) is 6.05. The molecule has 1 aromatic rings. The van der Waals surface area contributed by atoms with Crippen LogP contribution in [0.25, 0.3) is 0 Å². The SMILES string of the molecule is CCCN(CC(=O)Nc1cc(C)ccc1C)CC1CC1. The number of carbonyl (C=O) groups is 1. The lowest BCUT2D eigenvalue weighted by atomic mass is 10.1. The molecule has 1 saturated carbocycles. The first-order valence-electron chi connectivity index (χ1n) is 7.68. The molecule has 1 fully saturated rings. The molecule has 1 aromatic carbocycles. The number of hydrogen-bond donors (Lipinski definition) is 1. The summed E-state index contributed by atoms with van der Waals surface area (Å²) in [7, 11) is 0. The molecule has 1 N–H and O–H groups in total. The van der Waals surface area contributed by atoms with Gasteiger partial charge < -0.3 is 5.32 Å². The predicted octanol–water partition coefficient (Wildman–Crippen LogP) is 3.36. The number of anilines is 1. The Morgan fingerprint density at radius 2 is 2.10 bits per heavy atom. The van der Waals surface area contributed by atoms with Crippen molar-refractivity contribution in [2.24, 2.45) is 5.92 Å². The van der Waals surface area contributed by atoms with Crippen molar-refractivity contribution in [2.75, 3.05) is 25.0 Å². The second-order valence-electron chi connectivity index (χ2n) is 6.05. The van der Waals surface area contributed by atoms with Crippen LogP contribution in [-0.2, 0) is 4.79 Å². The molecule has 1 amide bonds. The molecule has 0 unspecified atom stereocenters. The first kappa shape index (κ1) is 15.0. The van der Waals surface area contributed by atoms with Crippen molar-refractivity contribution in [3.05, 3.63) is 29.3 Å². The maximum atomic E-state index is 12.2. The van der Waals surface area contributed by atoms with Crippen LogP contribution in [-0.4, -0.2) is 30.4 Å². The van der Waals surface area contributed by atoms with Gasteiger partial charge in [-0.25, -0.2) is 0 Å². The molecule has 1 aliphatic rings. The van der Waals surface area contributed by atoms with Crippen LogP contribution in [0.2, 0.25) is 0 Å². The van der Waals surface area contributed by atoms with E-state index in [-0.39, 0.29) is 5.91 Å². The zero-order chi connectivity index (χ0) is 14.5. The summed E-state index contributed by atoms with van der Waals surface area (Å²) in [5.74, 6) is 0.933. The van der Waals surface area contributed by atoms with Crippen LogP contribution in [0, 0.1) is 19.8 Å². The molecule has 0 heterocycles. The van der Waals surface area contributed by atoms with Crippen molar-refractivity contribution in [2.45, 2.75) is 40.0 Å². The van der Waals surface area contributed by atoms with Crippen LogP contribution in [0.5, 0.6) is 0 Å². The highest BCUT2D eigenvalue weighted by molar-refractivity contribution is 5.93. The molecular formula is C17H26N2O. The molecule has 0 aromatic heterocycles. The van der Waals surface area contributed by atoms with Gasteiger partial charge in [-0.15, -0.1) is 0 Å². The molecule has 0 bridgehead atoms. The Kier molecular flexibility index (Phi) is 5.18. The molecule has 0 spiro atoms. The molecule has 0 aliphatic heterocycles. The van der Waals surface area contributed by atoms with Crippen molar-refractivity contribution in [1.82, 2.24) is 4.90 Å². The molecule has 0 saturated heterocycles. The van der Waals surface area contributed by atoms with Crippen LogP contribution < -0.4 is 5.32 Å². The lowest BCUT2D eigenvalue weighted by molar-refractivity contribution is -0.117. The highest BCUT2D eigenvalue weighted by Crippen LogP contribution is 2.29. The van der Waals surface area contributed by atoms with Crippen molar-refractivity contribution in [1.29, 1.82) is 0 Å². The van der Waals surface area contributed by atoms with Crippen molar-refractivity contribution in [3.63, 3.8) is 0 Å². The molecule has 20 heavy (non-hydrogen) atoms. The van der Waals surface area contributed by atoms with Gasteiger partial charge in [-0.1, -0.05) is 19.1 Å². The van der Waals surface area contributed by atoms with Crippen LogP contribution >= 0.6 is 0 Å². The van der Waals surface area contributed by atoms with Crippen LogP contribution in [0.15, 0.2) is 18.2 Å². The van der Waals surface area contributed by atoms with Gasteiger partial charge in [0, 0.05) is 12.2 Å². The minimum atomic E-state index is 0.104. The molecule has 2 rings (SSSR count). The summed E-state index contributed by atoms with van der Waals surface area (Å²) < 4.78 is 0. The summed E-state index contributed by atoms with van der Waals surface area (Å²) in [5.41, 5.74) is 3.24. The van der Waals surface area contributed by atoms with Gasteiger partial charge in [0.05, 0.1) is 6.54 Å². The van der Waals surface area contributed by atoms with Crippen molar-refractivity contribution in [3.8, 4) is 0 Å². The van der Waals surface area contributed by atoms with Gasteiger partial charge in [0.1, 0.15) is 0 Å². The standard InChI is InChI=1S/C17H26N2O/c1-4-9-19(11-15-7-8-15)12-17(20)18-16-10-13(2)5-6-14(16)3/h5-6,10,15H,4,7-9,11-12H2,1-3H3,(H,18,20). The monoisotopic (exact) mass is 274 g/mol. The van der Waals surface area contributed by atoms with Gasteiger partial charge in [0.15, 0.2) is 0 Å². The third-order valence-electron chi connectivity index (χ3n) is 3.79. The topological polar surface area (TPSA) is 32.3 Å². The van der Waals surface area contributed by atoms with Gasteiger partial charge in [0.2, 0.25) is 5.91 Å². The summed E-state index contributed by atoms with van der Waals surface area (Å²) in [6.45, 7) is 8.85. The molecule has 0 radical (unpaired) electrons. The fourth-order valence-corrected chi connectivity index (χ4v) is 2.48. The number of nitrogens with zero attached hydrogens (tertiary/aromatic N) is 1. The van der Waals surface area contributed by atoms with E-state index < -0.39 is 0 Å². The summed E-state index contributed by atoms with van der Waals surface area (Å²) in [4.78, 5) is 14.5. The Hall–Kier alpha value is -1.35. The third kappa shape index (κ3) is 4.64. The highest BCUT2D eigenvalue weighted by atomic mass is 16.2. The molecule has 1 aliphatic carbocycles. The first-order valence-corrected chi connectivity index (χ1v) is 7.68. The van der Waals surface area contributed by atoms with E-state index in [2.05, 4.69) is 29.3 Å². The first-order chi connectivity index (χ1) is 9.58. The van der Waals surface area contributed by atoms with Gasteiger partial charge in [0.25, 0.3) is 0 Å². The molecule has 3 nitrogen and oxygen atoms in total. The van der Waals surface area contributed by atoms with E-state index in [1.807, 2.05) is 19.9 Å². The Labute approximate surface area is 122 Å². The lowest BCUT2D eigenvalue weighted by Crippen LogP contribution is -2.35. The van der Waals surface area contributed by atoms with E-state index in [1.165, 1.54) is 18.4 Å². The summed E-state index contributed by atoms with van der Waals surface area (Å²) in [5, 5.41) is 3.05. The zero-order valence-corrected chi connectivity index (χ0v) is 12.9. The molecule has 3 heteroatoms. The Bertz CT molecular complexity index is 466. The number of benzene rings is 1. The van der Waals surface area contributed by atoms with Gasteiger partial charge in [-0.05, 0) is 62.8 Å². The Morgan fingerprint density at radius 3 is 2.75 bits per heavy atom. The number of amides is 1. The number of carbonyl (C=O) groups excluding carboxylic acids is 1. The zero-order valence-electron chi connectivity index (χ0n) is 12.9. The van der Waals surface area contributed by atoms with Crippen molar-refractivity contribution < 1.29 is 4.79 Å². The second kappa shape index (κ2) is 6.89. The minimum absolute atomic E-state index is 0.104. The van der Waals surface area contributed by atoms with Crippen LogP contribution in [0.1, 0.15) is 37.3 Å². The third-order valence-corrected chi connectivity index (χ3v) is 3.79. The van der Waals surface area contributed by atoms with Crippen molar-refractivity contribution >= 4 is 11.6 Å². The average molecular weight is 274 g/mol. The summed E-state index contributed by atoms with van der Waals surface area (Å²) in [6, 6.07) is 6.17. The van der Waals surface area contributed by atoms with E-state index in [4.69, 9.17) is 0 Å². The minimum Gasteiger partial charge on any atom is -0.325 e. The number of aryl methyl sites for hydroxylation is 2. The highest BCUT2D eigenvalue weighted by Gasteiger charge is 2.24. The maximum absolute atomic E-state index is 12.2. The van der Waals surface area contributed by atoms with Crippen LogP contribution in [0.4, 0.5) is 5.69 Å². The van der Waals surface area contributed by atoms with E-state index >= 15 is 0 Å². The number of rotatable bonds is 7. The van der Waals surface area contributed by atoms with Crippen LogP contribution in [0.3, 0.4) is 0 Å². The van der Waals surface area contributed by atoms with E-state index in [9.17, 15) is 4.79 Å². The maximum Gasteiger partial charge on any atom is 0.238 e. The predicted molar refractivity (Wildman–Crippen MR) is 84.0 cm³/mol. The number of nitrogens with one attached hydrogen (secondary N) is 1. The largest absolute Gasteiger partial charge is 0.325 e. The lowest BCUT2D eigenvalue weighted by Gasteiger charge is -2.21.